The number of rotatable bonds is 3. The Hall–Kier alpha value is -0.680. The van der Waals surface area contributed by atoms with Crippen LogP contribution in [0.25, 0.3) is 0 Å². The van der Waals surface area contributed by atoms with Gasteiger partial charge in [-0.1, -0.05) is 12.1 Å². The third-order valence-electron chi connectivity index (χ3n) is 3.98. The summed E-state index contributed by atoms with van der Waals surface area (Å²) in [7, 11) is 0. The van der Waals surface area contributed by atoms with Crippen LogP contribution in [0.5, 0.6) is 11.5 Å². The minimum absolute atomic E-state index is 0. The number of piperazine rings is 1. The number of phenolic OH excluding ortho intramolecular Hbond substituents is 2. The number of phenols is 2. The Bertz CT molecular complexity index is 435. The highest BCUT2D eigenvalue weighted by Gasteiger charge is 2.38. The summed E-state index contributed by atoms with van der Waals surface area (Å²) < 4.78 is 0. The van der Waals surface area contributed by atoms with Crippen LogP contribution < -0.4 is 5.32 Å². The molecule has 0 spiro atoms. The second-order valence-electron chi connectivity index (χ2n) is 5.28. The van der Waals surface area contributed by atoms with Gasteiger partial charge >= 0.3 is 0 Å². The Morgan fingerprint density at radius 1 is 1.10 bits per heavy atom. The van der Waals surface area contributed by atoms with E-state index in [1.165, 1.54) is 12.8 Å². The van der Waals surface area contributed by atoms with Gasteiger partial charge < -0.3 is 15.5 Å². The highest BCUT2D eigenvalue weighted by Crippen LogP contribution is 2.48. The summed E-state index contributed by atoms with van der Waals surface area (Å²) in [5.74, 6) is 0.692. The minimum atomic E-state index is -0.00622. The van der Waals surface area contributed by atoms with E-state index in [0.717, 1.165) is 31.7 Å². The van der Waals surface area contributed by atoms with Gasteiger partial charge in [0.15, 0.2) is 11.5 Å². The average Bonchev–Trinajstić information content (AvgIpc) is 3.21. The average molecular weight is 321 g/mol. The normalized spacial score (nSPS) is 20.6. The van der Waals surface area contributed by atoms with Crippen molar-refractivity contribution in [2.45, 2.75) is 18.9 Å². The summed E-state index contributed by atoms with van der Waals surface area (Å²) in [5.41, 5.74) is 0.888. The molecule has 114 valence electrons. The van der Waals surface area contributed by atoms with Crippen molar-refractivity contribution < 1.29 is 10.2 Å². The molecule has 1 aromatic rings. The summed E-state index contributed by atoms with van der Waals surface area (Å²) in [6, 6.07) is 5.57. The number of nitrogens with zero attached hydrogens (tertiary/aromatic N) is 1. The van der Waals surface area contributed by atoms with Crippen molar-refractivity contribution in [2.75, 3.05) is 26.2 Å². The quantitative estimate of drug-likeness (QED) is 0.748. The highest BCUT2D eigenvalue weighted by atomic mass is 35.5. The van der Waals surface area contributed by atoms with Gasteiger partial charge in [0.05, 0.1) is 0 Å². The van der Waals surface area contributed by atoms with Crippen molar-refractivity contribution in [3.8, 4) is 11.5 Å². The van der Waals surface area contributed by atoms with Crippen molar-refractivity contribution >= 4 is 24.8 Å². The first-order chi connectivity index (χ1) is 8.77. The summed E-state index contributed by atoms with van der Waals surface area (Å²) >= 11 is 0. The molecule has 3 rings (SSSR count). The number of para-hydroxylation sites is 1. The van der Waals surface area contributed by atoms with Crippen molar-refractivity contribution in [1.29, 1.82) is 0 Å². The molecule has 1 heterocycles. The summed E-state index contributed by atoms with van der Waals surface area (Å²) in [6.45, 7) is 4.03. The highest BCUT2D eigenvalue weighted by molar-refractivity contribution is 5.85. The van der Waals surface area contributed by atoms with E-state index >= 15 is 0 Å². The Labute approximate surface area is 132 Å². The Morgan fingerprint density at radius 2 is 1.75 bits per heavy atom. The lowest BCUT2D eigenvalue weighted by Gasteiger charge is -2.35. The predicted molar refractivity (Wildman–Crippen MR) is 84.2 cm³/mol. The molecule has 1 aliphatic heterocycles. The number of halogens is 2. The van der Waals surface area contributed by atoms with Crippen LogP contribution in [-0.2, 0) is 0 Å². The van der Waals surface area contributed by atoms with E-state index in [-0.39, 0.29) is 42.4 Å². The van der Waals surface area contributed by atoms with Crippen LogP contribution in [0.3, 0.4) is 0 Å². The number of hydrogen-bond donors (Lipinski definition) is 3. The van der Waals surface area contributed by atoms with E-state index < -0.39 is 0 Å². The molecule has 4 nitrogen and oxygen atoms in total. The first kappa shape index (κ1) is 17.4. The molecule has 1 saturated carbocycles. The minimum Gasteiger partial charge on any atom is -0.504 e. The Morgan fingerprint density at radius 3 is 2.35 bits per heavy atom. The van der Waals surface area contributed by atoms with Gasteiger partial charge in [0.25, 0.3) is 0 Å². The Balaban J connectivity index is 0.000001000. The van der Waals surface area contributed by atoms with Gasteiger partial charge in [-0.05, 0) is 24.8 Å². The molecule has 0 radical (unpaired) electrons. The predicted octanol–water partition coefficient (Wildman–Crippen LogP) is 2.30. The molecule has 6 heteroatoms. The van der Waals surface area contributed by atoms with E-state index in [1.807, 2.05) is 12.1 Å². The number of benzene rings is 1. The maximum atomic E-state index is 10.1. The molecule has 2 aliphatic rings. The maximum Gasteiger partial charge on any atom is 0.162 e. The Kier molecular flexibility index (Phi) is 6.40. The lowest BCUT2D eigenvalue weighted by molar-refractivity contribution is 0.153. The molecule has 20 heavy (non-hydrogen) atoms. The fourth-order valence-corrected chi connectivity index (χ4v) is 2.91. The molecule has 0 bridgehead atoms. The topological polar surface area (TPSA) is 55.7 Å². The summed E-state index contributed by atoms with van der Waals surface area (Å²) in [6.07, 6.45) is 2.45. The van der Waals surface area contributed by atoms with E-state index in [0.29, 0.717) is 5.92 Å². The molecule has 1 aromatic carbocycles. The fraction of sp³-hybridized carbons (Fsp3) is 0.571. The molecule has 0 amide bonds. The van der Waals surface area contributed by atoms with Gasteiger partial charge in [0.1, 0.15) is 0 Å². The molecule has 1 atom stereocenters. The number of nitrogens with one attached hydrogen (secondary N) is 1. The lowest BCUT2D eigenvalue weighted by atomic mass is 9.98. The van der Waals surface area contributed by atoms with Crippen molar-refractivity contribution in [3.05, 3.63) is 23.8 Å². The third-order valence-corrected chi connectivity index (χ3v) is 3.98. The molecule has 3 N–H and O–H groups in total. The second kappa shape index (κ2) is 7.36. The molecule has 0 unspecified atom stereocenters. The first-order valence-corrected chi connectivity index (χ1v) is 6.73. The van der Waals surface area contributed by atoms with Gasteiger partial charge in [-0.3, -0.25) is 4.90 Å². The van der Waals surface area contributed by atoms with Gasteiger partial charge in [-0.15, -0.1) is 24.8 Å². The van der Waals surface area contributed by atoms with Gasteiger partial charge in [0.2, 0.25) is 0 Å². The van der Waals surface area contributed by atoms with E-state index in [9.17, 15) is 10.2 Å². The van der Waals surface area contributed by atoms with Crippen molar-refractivity contribution in [2.24, 2.45) is 5.92 Å². The van der Waals surface area contributed by atoms with E-state index in [1.54, 1.807) is 6.07 Å². The zero-order valence-electron chi connectivity index (χ0n) is 11.3. The largest absolute Gasteiger partial charge is 0.504 e. The smallest absolute Gasteiger partial charge is 0.162 e. The van der Waals surface area contributed by atoms with Crippen LogP contribution >= 0.6 is 24.8 Å². The van der Waals surface area contributed by atoms with Crippen molar-refractivity contribution in [3.63, 3.8) is 0 Å². The fourth-order valence-electron chi connectivity index (χ4n) is 2.91. The van der Waals surface area contributed by atoms with Crippen LogP contribution in [0.15, 0.2) is 18.2 Å². The SMILES string of the molecule is Cl.Cl.Oc1cccc([C@H](C2CC2)N2CCNCC2)c1O. The zero-order valence-corrected chi connectivity index (χ0v) is 12.9. The van der Waals surface area contributed by atoms with Crippen LogP contribution in [0.1, 0.15) is 24.4 Å². The molecule has 1 saturated heterocycles. The number of aromatic hydroxyl groups is 2. The van der Waals surface area contributed by atoms with E-state index in [4.69, 9.17) is 0 Å². The van der Waals surface area contributed by atoms with Crippen molar-refractivity contribution in [1.82, 2.24) is 10.2 Å². The molecule has 0 aromatic heterocycles. The molecular weight excluding hydrogens is 299 g/mol. The molecule has 1 aliphatic carbocycles. The second-order valence-corrected chi connectivity index (χ2v) is 5.28. The third kappa shape index (κ3) is 3.50. The maximum absolute atomic E-state index is 10.1. The monoisotopic (exact) mass is 320 g/mol. The summed E-state index contributed by atoms with van der Waals surface area (Å²) in [5, 5.41) is 23.1. The molecule has 2 fully saturated rings. The first-order valence-electron chi connectivity index (χ1n) is 6.73. The van der Waals surface area contributed by atoms with Crippen LogP contribution in [0.2, 0.25) is 0 Å². The van der Waals surface area contributed by atoms with Crippen LogP contribution in [0.4, 0.5) is 0 Å². The standard InChI is InChI=1S/C14H20N2O2.2ClH/c17-12-3-1-2-11(14(12)18)13(10-4-5-10)16-8-6-15-7-9-16;;/h1-3,10,13,15,17-18H,4-9H2;2*1H/t13-;;/m0../s1. The summed E-state index contributed by atoms with van der Waals surface area (Å²) in [4.78, 5) is 2.43. The van der Waals surface area contributed by atoms with Crippen LogP contribution in [0, 0.1) is 5.92 Å². The number of hydrogen-bond acceptors (Lipinski definition) is 4. The molecular formula is C14H22Cl2N2O2. The zero-order chi connectivity index (χ0) is 12.5. The van der Waals surface area contributed by atoms with Gasteiger partial charge in [-0.25, -0.2) is 0 Å². The van der Waals surface area contributed by atoms with E-state index in [2.05, 4.69) is 10.2 Å². The van der Waals surface area contributed by atoms with Gasteiger partial charge in [-0.2, -0.15) is 0 Å². The van der Waals surface area contributed by atoms with Gasteiger partial charge in [0, 0.05) is 37.8 Å². The van der Waals surface area contributed by atoms with Crippen LogP contribution in [-0.4, -0.2) is 41.3 Å². The lowest BCUT2D eigenvalue weighted by Crippen LogP contribution is -2.45.